The molecule has 0 saturated carbocycles. The van der Waals surface area contributed by atoms with Crippen molar-refractivity contribution in [3.63, 3.8) is 0 Å². The molecule has 1 aromatic carbocycles. The van der Waals surface area contributed by atoms with E-state index in [-0.39, 0.29) is 0 Å². The van der Waals surface area contributed by atoms with Gasteiger partial charge in [-0.3, -0.25) is 0 Å². The molecule has 0 unspecified atom stereocenters. The first-order chi connectivity index (χ1) is 9.65. The second-order valence-corrected chi connectivity index (χ2v) is 4.93. The van der Waals surface area contributed by atoms with Gasteiger partial charge in [0.05, 0.1) is 0 Å². The number of hydrogen-bond donors (Lipinski definition) is 1. The third-order valence-corrected chi connectivity index (χ3v) is 3.63. The average Bonchev–Trinajstić information content (AvgIpc) is 2.48. The molecule has 1 aliphatic rings. The first-order valence-corrected chi connectivity index (χ1v) is 6.69. The molecule has 20 heavy (non-hydrogen) atoms. The molecule has 5 nitrogen and oxygen atoms in total. The molecular formula is C14H14ClN3O2. The zero-order valence-electron chi connectivity index (χ0n) is 11.2. The highest BCUT2D eigenvalue weighted by Gasteiger charge is 2.13. The number of aromatic nitrogens is 2. The number of hydrogen-bond acceptors (Lipinski definition) is 5. The lowest BCUT2D eigenvalue weighted by molar-refractivity contribution is 0.171. The first-order valence-electron chi connectivity index (χ1n) is 6.31. The van der Waals surface area contributed by atoms with Crippen molar-refractivity contribution in [1.29, 1.82) is 0 Å². The van der Waals surface area contributed by atoms with Crippen LogP contribution >= 0.6 is 11.6 Å². The van der Waals surface area contributed by atoms with Crippen molar-refractivity contribution in [1.82, 2.24) is 10.2 Å². The van der Waals surface area contributed by atoms with Gasteiger partial charge in [0.2, 0.25) is 0 Å². The zero-order chi connectivity index (χ0) is 14.1. The van der Waals surface area contributed by atoms with Crippen LogP contribution in [0.3, 0.4) is 0 Å². The number of nitrogens with zero attached hydrogens (tertiary/aromatic N) is 2. The van der Waals surface area contributed by atoms with Crippen LogP contribution in [0.1, 0.15) is 11.1 Å². The fourth-order valence-corrected chi connectivity index (χ4v) is 2.13. The third kappa shape index (κ3) is 2.36. The summed E-state index contributed by atoms with van der Waals surface area (Å²) in [5.74, 6) is 2.18. The highest BCUT2D eigenvalue weighted by atomic mass is 35.5. The summed E-state index contributed by atoms with van der Waals surface area (Å²) >= 11 is 5.95. The van der Waals surface area contributed by atoms with Crippen LogP contribution in [0.5, 0.6) is 11.5 Å². The summed E-state index contributed by atoms with van der Waals surface area (Å²) in [4.78, 5) is 0. The summed E-state index contributed by atoms with van der Waals surface area (Å²) in [6.45, 7) is 5.02. The fraction of sp³-hybridized carbons (Fsp3) is 0.286. The number of benzene rings is 1. The normalized spacial score (nSPS) is 13.2. The lowest BCUT2D eigenvalue weighted by atomic mass is 10.2. The Morgan fingerprint density at radius 1 is 1.05 bits per heavy atom. The quantitative estimate of drug-likeness (QED) is 0.920. The van der Waals surface area contributed by atoms with Gasteiger partial charge < -0.3 is 14.8 Å². The molecule has 6 heteroatoms. The van der Waals surface area contributed by atoms with Crippen molar-refractivity contribution in [3.8, 4) is 11.5 Å². The molecule has 0 spiro atoms. The van der Waals surface area contributed by atoms with Gasteiger partial charge in [0.25, 0.3) is 0 Å². The van der Waals surface area contributed by atoms with Gasteiger partial charge in [0.15, 0.2) is 22.5 Å². The lowest BCUT2D eigenvalue weighted by Crippen LogP contribution is -2.15. The van der Waals surface area contributed by atoms with E-state index in [0.29, 0.717) is 24.2 Å². The van der Waals surface area contributed by atoms with Gasteiger partial charge in [0.1, 0.15) is 13.2 Å². The maximum absolute atomic E-state index is 5.95. The van der Waals surface area contributed by atoms with Crippen molar-refractivity contribution >= 4 is 23.1 Å². The second kappa shape index (κ2) is 5.17. The summed E-state index contributed by atoms with van der Waals surface area (Å²) in [6, 6.07) is 5.68. The summed E-state index contributed by atoms with van der Waals surface area (Å²) < 4.78 is 11.0. The molecule has 0 aliphatic carbocycles. The van der Waals surface area contributed by atoms with Gasteiger partial charge in [0, 0.05) is 11.8 Å². The standard InChI is InChI=1S/C14H14ClN3O2/c1-8-9(2)14(18-17-13(8)15)16-10-3-4-11-12(7-10)20-6-5-19-11/h3-4,7H,5-6H2,1-2H3,(H,16,18). The Kier molecular flexibility index (Phi) is 3.36. The zero-order valence-corrected chi connectivity index (χ0v) is 12.0. The lowest BCUT2D eigenvalue weighted by Gasteiger charge is -2.19. The molecule has 1 aromatic heterocycles. The maximum Gasteiger partial charge on any atom is 0.163 e. The summed E-state index contributed by atoms with van der Waals surface area (Å²) in [6.07, 6.45) is 0. The van der Waals surface area contributed by atoms with E-state index in [4.69, 9.17) is 21.1 Å². The first kappa shape index (κ1) is 13.0. The van der Waals surface area contributed by atoms with E-state index in [2.05, 4.69) is 15.5 Å². The molecule has 0 atom stereocenters. The predicted octanol–water partition coefficient (Wildman–Crippen LogP) is 3.26. The summed E-state index contributed by atoms with van der Waals surface area (Å²) in [5, 5.41) is 11.6. The largest absolute Gasteiger partial charge is 0.486 e. The van der Waals surface area contributed by atoms with Crippen LogP contribution < -0.4 is 14.8 Å². The number of ether oxygens (including phenoxy) is 2. The van der Waals surface area contributed by atoms with Gasteiger partial charge in [-0.1, -0.05) is 11.6 Å². The van der Waals surface area contributed by atoms with Gasteiger partial charge in [-0.15, -0.1) is 10.2 Å². The van der Waals surface area contributed by atoms with Crippen LogP contribution in [-0.2, 0) is 0 Å². The van der Waals surface area contributed by atoms with E-state index in [1.165, 1.54) is 0 Å². The molecule has 0 amide bonds. The van der Waals surface area contributed by atoms with E-state index in [9.17, 15) is 0 Å². The molecule has 2 aromatic rings. The molecule has 0 fully saturated rings. The van der Waals surface area contributed by atoms with E-state index >= 15 is 0 Å². The molecule has 2 heterocycles. The van der Waals surface area contributed by atoms with Crippen molar-refractivity contribution in [3.05, 3.63) is 34.5 Å². The Labute approximate surface area is 121 Å². The Hall–Kier alpha value is -2.01. The van der Waals surface area contributed by atoms with Crippen LogP contribution in [0.4, 0.5) is 11.5 Å². The van der Waals surface area contributed by atoms with Gasteiger partial charge in [-0.25, -0.2) is 0 Å². The number of nitrogens with one attached hydrogen (secondary N) is 1. The van der Waals surface area contributed by atoms with Crippen LogP contribution in [0, 0.1) is 13.8 Å². The molecule has 0 saturated heterocycles. The van der Waals surface area contributed by atoms with Gasteiger partial charge >= 0.3 is 0 Å². The summed E-state index contributed by atoms with van der Waals surface area (Å²) in [5.41, 5.74) is 2.76. The minimum absolute atomic E-state index is 0.426. The van der Waals surface area contributed by atoms with Crippen molar-refractivity contribution in [2.45, 2.75) is 13.8 Å². The molecular weight excluding hydrogens is 278 g/mol. The maximum atomic E-state index is 5.95. The van der Waals surface area contributed by atoms with Crippen LogP contribution in [-0.4, -0.2) is 23.4 Å². The molecule has 104 valence electrons. The molecule has 3 rings (SSSR count). The number of fused-ring (bicyclic) bond motifs is 1. The van der Waals surface area contributed by atoms with Gasteiger partial charge in [-0.05, 0) is 37.1 Å². The average molecular weight is 292 g/mol. The Morgan fingerprint density at radius 3 is 2.60 bits per heavy atom. The topological polar surface area (TPSA) is 56.3 Å². The molecule has 1 aliphatic heterocycles. The third-order valence-electron chi connectivity index (χ3n) is 3.27. The number of halogens is 1. The Morgan fingerprint density at radius 2 is 1.80 bits per heavy atom. The molecule has 1 N–H and O–H groups in total. The predicted molar refractivity (Wildman–Crippen MR) is 77.2 cm³/mol. The number of rotatable bonds is 2. The highest BCUT2D eigenvalue weighted by Crippen LogP contribution is 2.34. The number of anilines is 2. The van der Waals surface area contributed by atoms with E-state index in [1.54, 1.807) is 0 Å². The minimum Gasteiger partial charge on any atom is -0.486 e. The smallest absolute Gasteiger partial charge is 0.163 e. The Balaban J connectivity index is 1.90. The van der Waals surface area contributed by atoms with Crippen molar-refractivity contribution < 1.29 is 9.47 Å². The Bertz CT molecular complexity index is 661. The minimum atomic E-state index is 0.426. The van der Waals surface area contributed by atoms with E-state index in [0.717, 1.165) is 28.3 Å². The molecule has 0 bridgehead atoms. The monoisotopic (exact) mass is 291 g/mol. The van der Waals surface area contributed by atoms with Gasteiger partial charge in [-0.2, -0.15) is 0 Å². The SMILES string of the molecule is Cc1c(Cl)nnc(Nc2ccc3c(c2)OCCO3)c1C. The van der Waals surface area contributed by atoms with Crippen LogP contribution in [0.2, 0.25) is 5.15 Å². The van der Waals surface area contributed by atoms with Crippen LogP contribution in [0.15, 0.2) is 18.2 Å². The highest BCUT2D eigenvalue weighted by molar-refractivity contribution is 6.30. The van der Waals surface area contributed by atoms with Crippen molar-refractivity contribution in [2.75, 3.05) is 18.5 Å². The second-order valence-electron chi connectivity index (χ2n) is 4.57. The van der Waals surface area contributed by atoms with Crippen LogP contribution in [0.25, 0.3) is 0 Å². The van der Waals surface area contributed by atoms with E-state index < -0.39 is 0 Å². The van der Waals surface area contributed by atoms with E-state index in [1.807, 2.05) is 32.0 Å². The fourth-order valence-electron chi connectivity index (χ4n) is 1.95. The van der Waals surface area contributed by atoms with Crippen molar-refractivity contribution in [2.24, 2.45) is 0 Å². The summed E-state index contributed by atoms with van der Waals surface area (Å²) in [7, 11) is 0. The molecule has 0 radical (unpaired) electrons.